The second-order valence-electron chi connectivity index (χ2n) is 14.2. The van der Waals surface area contributed by atoms with Crippen molar-refractivity contribution in [2.45, 2.75) is 125 Å². The van der Waals surface area contributed by atoms with Gasteiger partial charge in [-0.05, 0) is 97.4 Å². The molecular weight excluding hydrogens is 570 g/mol. The van der Waals surface area contributed by atoms with Gasteiger partial charge in [-0.15, -0.1) is 0 Å². The standard InChI is InChI=1S/C36H53N3O6/c1-22(2)29(38-34(43)45-36(10,11)12)32(41)39(23(3)4)30(28-24(5)17-16-18-25(28)6)31(40)37-27(33(42)44-35(7,8)9)21-26-19-14-13-15-20-26/h13-20,22-23,27,29-30H,21H2,1-12H3,(H,37,40)(H,38,43). The zero-order chi connectivity index (χ0) is 34.3. The summed E-state index contributed by atoms with van der Waals surface area (Å²) in [6.07, 6.45) is -0.523. The Morgan fingerprint density at radius 2 is 1.29 bits per heavy atom. The first-order valence-electron chi connectivity index (χ1n) is 15.7. The molecule has 0 spiro atoms. The van der Waals surface area contributed by atoms with Crippen molar-refractivity contribution in [2.24, 2.45) is 5.92 Å². The molecule has 2 aromatic rings. The highest BCUT2D eigenvalue weighted by Gasteiger charge is 2.41. The highest BCUT2D eigenvalue weighted by atomic mass is 16.6. The Morgan fingerprint density at radius 1 is 0.756 bits per heavy atom. The van der Waals surface area contributed by atoms with Crippen LogP contribution in [0.3, 0.4) is 0 Å². The topological polar surface area (TPSA) is 114 Å². The third-order valence-corrected chi connectivity index (χ3v) is 7.05. The van der Waals surface area contributed by atoms with E-state index in [2.05, 4.69) is 10.6 Å². The summed E-state index contributed by atoms with van der Waals surface area (Å²) in [5.41, 5.74) is 1.58. The molecule has 2 aromatic carbocycles. The van der Waals surface area contributed by atoms with Gasteiger partial charge in [-0.1, -0.05) is 62.4 Å². The first-order valence-corrected chi connectivity index (χ1v) is 15.7. The van der Waals surface area contributed by atoms with Crippen molar-refractivity contribution in [3.8, 4) is 0 Å². The third kappa shape index (κ3) is 11.2. The molecule has 0 saturated heterocycles. The van der Waals surface area contributed by atoms with E-state index in [-0.39, 0.29) is 12.3 Å². The van der Waals surface area contributed by atoms with Gasteiger partial charge >= 0.3 is 12.1 Å². The first-order chi connectivity index (χ1) is 20.7. The van der Waals surface area contributed by atoms with Crippen LogP contribution < -0.4 is 10.6 Å². The Balaban J connectivity index is 2.65. The summed E-state index contributed by atoms with van der Waals surface area (Å²) < 4.78 is 11.2. The molecule has 3 amide bonds. The van der Waals surface area contributed by atoms with Crippen LogP contribution in [0.2, 0.25) is 0 Å². The van der Waals surface area contributed by atoms with Gasteiger partial charge in [0.25, 0.3) is 0 Å². The summed E-state index contributed by atoms with van der Waals surface area (Å²) in [7, 11) is 0. The normalized spacial score (nSPS) is 13.9. The van der Waals surface area contributed by atoms with E-state index in [4.69, 9.17) is 9.47 Å². The van der Waals surface area contributed by atoms with Crippen molar-refractivity contribution in [2.75, 3.05) is 0 Å². The van der Waals surface area contributed by atoms with Crippen LogP contribution in [0, 0.1) is 19.8 Å². The van der Waals surface area contributed by atoms with Gasteiger partial charge in [-0.3, -0.25) is 9.59 Å². The molecule has 3 atom stereocenters. The molecule has 45 heavy (non-hydrogen) atoms. The van der Waals surface area contributed by atoms with Crippen LogP contribution in [0.5, 0.6) is 0 Å². The number of alkyl carbamates (subject to hydrolysis) is 1. The molecule has 0 heterocycles. The van der Waals surface area contributed by atoms with Crippen molar-refractivity contribution < 1.29 is 28.7 Å². The smallest absolute Gasteiger partial charge is 0.408 e. The SMILES string of the molecule is Cc1cccc(C)c1C(C(=O)NC(Cc1ccccc1)C(=O)OC(C)(C)C)N(C(=O)C(NC(=O)OC(C)(C)C)C(C)C)C(C)C. The molecule has 0 saturated carbocycles. The predicted octanol–water partition coefficient (Wildman–Crippen LogP) is 6.20. The number of hydrogen-bond donors (Lipinski definition) is 2. The maximum Gasteiger partial charge on any atom is 0.408 e. The van der Waals surface area contributed by atoms with E-state index >= 15 is 0 Å². The summed E-state index contributed by atoms with van der Waals surface area (Å²) in [6.45, 7) is 21.6. The van der Waals surface area contributed by atoms with Gasteiger partial charge < -0.3 is 25.0 Å². The molecule has 2 rings (SSSR count). The average Bonchev–Trinajstić information content (AvgIpc) is 2.88. The van der Waals surface area contributed by atoms with E-state index < -0.39 is 59.2 Å². The van der Waals surface area contributed by atoms with Gasteiger partial charge in [0.1, 0.15) is 29.3 Å². The molecule has 9 nitrogen and oxygen atoms in total. The van der Waals surface area contributed by atoms with Crippen molar-refractivity contribution in [1.29, 1.82) is 0 Å². The van der Waals surface area contributed by atoms with Gasteiger partial charge in [0.15, 0.2) is 0 Å². The number of amides is 3. The third-order valence-electron chi connectivity index (χ3n) is 7.05. The van der Waals surface area contributed by atoms with E-state index in [1.807, 2.05) is 90.1 Å². The van der Waals surface area contributed by atoms with E-state index in [1.165, 1.54) is 4.90 Å². The fourth-order valence-electron chi connectivity index (χ4n) is 5.11. The predicted molar refractivity (Wildman–Crippen MR) is 177 cm³/mol. The molecule has 0 aliphatic heterocycles. The number of esters is 1. The minimum Gasteiger partial charge on any atom is -0.458 e. The number of nitrogens with one attached hydrogen (secondary N) is 2. The maximum absolute atomic E-state index is 14.5. The summed E-state index contributed by atoms with van der Waals surface area (Å²) in [6, 6.07) is 11.5. The molecule has 3 unspecified atom stereocenters. The lowest BCUT2D eigenvalue weighted by molar-refractivity contribution is -0.159. The summed E-state index contributed by atoms with van der Waals surface area (Å²) in [4.78, 5) is 56.8. The second kappa shape index (κ2) is 15.4. The summed E-state index contributed by atoms with van der Waals surface area (Å²) in [5.74, 6) is -1.86. The van der Waals surface area contributed by atoms with Crippen LogP contribution in [0.1, 0.15) is 97.5 Å². The molecule has 0 aliphatic carbocycles. The second-order valence-corrected chi connectivity index (χ2v) is 14.2. The van der Waals surface area contributed by atoms with Gasteiger partial charge in [-0.25, -0.2) is 9.59 Å². The molecular formula is C36H53N3O6. The molecule has 0 fully saturated rings. The minimum absolute atomic E-state index is 0.200. The largest absolute Gasteiger partial charge is 0.458 e. The quantitative estimate of drug-likeness (QED) is 0.288. The van der Waals surface area contributed by atoms with Crippen LogP contribution >= 0.6 is 0 Å². The van der Waals surface area contributed by atoms with Gasteiger partial charge in [-0.2, -0.15) is 0 Å². The highest BCUT2D eigenvalue weighted by molar-refractivity contribution is 5.94. The van der Waals surface area contributed by atoms with Crippen molar-refractivity contribution in [3.05, 3.63) is 70.8 Å². The number of hydrogen-bond acceptors (Lipinski definition) is 6. The zero-order valence-electron chi connectivity index (χ0n) is 29.1. The van der Waals surface area contributed by atoms with Crippen LogP contribution in [0.15, 0.2) is 48.5 Å². The Morgan fingerprint density at radius 3 is 1.76 bits per heavy atom. The van der Waals surface area contributed by atoms with Crippen molar-refractivity contribution in [3.63, 3.8) is 0 Å². The van der Waals surface area contributed by atoms with E-state index in [1.54, 1.807) is 41.5 Å². The number of aryl methyl sites for hydroxylation is 2. The molecule has 9 heteroatoms. The molecule has 0 radical (unpaired) electrons. The Labute approximate surface area is 269 Å². The molecule has 248 valence electrons. The van der Waals surface area contributed by atoms with E-state index in [9.17, 15) is 19.2 Å². The number of nitrogens with zero attached hydrogens (tertiary/aromatic N) is 1. The minimum atomic E-state index is -1.11. The maximum atomic E-state index is 14.5. The molecule has 0 bridgehead atoms. The van der Waals surface area contributed by atoms with Crippen molar-refractivity contribution >= 4 is 23.9 Å². The monoisotopic (exact) mass is 623 g/mol. The van der Waals surface area contributed by atoms with E-state index in [0.29, 0.717) is 5.56 Å². The lowest BCUT2D eigenvalue weighted by Crippen LogP contribution is -2.58. The molecule has 0 aliphatic rings. The lowest BCUT2D eigenvalue weighted by Gasteiger charge is -2.39. The van der Waals surface area contributed by atoms with E-state index in [0.717, 1.165) is 16.7 Å². The van der Waals surface area contributed by atoms with Crippen LogP contribution in [-0.4, -0.2) is 58.1 Å². The average molecular weight is 624 g/mol. The van der Waals surface area contributed by atoms with Crippen molar-refractivity contribution in [1.82, 2.24) is 15.5 Å². The summed E-state index contributed by atoms with van der Waals surface area (Å²) >= 11 is 0. The Kier molecular flexibility index (Phi) is 12.8. The lowest BCUT2D eigenvalue weighted by atomic mass is 9.91. The van der Waals surface area contributed by atoms with Crippen LogP contribution in [0.25, 0.3) is 0 Å². The van der Waals surface area contributed by atoms with Gasteiger partial charge in [0.2, 0.25) is 11.8 Å². The van der Waals surface area contributed by atoms with Crippen LogP contribution in [-0.2, 0) is 30.3 Å². The number of carbonyl (C=O) groups excluding carboxylic acids is 4. The Bertz CT molecular complexity index is 1300. The number of rotatable bonds is 11. The number of carbonyl (C=O) groups is 4. The number of benzene rings is 2. The zero-order valence-corrected chi connectivity index (χ0v) is 29.1. The fourth-order valence-corrected chi connectivity index (χ4v) is 5.11. The van der Waals surface area contributed by atoms with Crippen LogP contribution in [0.4, 0.5) is 4.79 Å². The Hall–Kier alpha value is -3.88. The molecule has 0 aromatic heterocycles. The van der Waals surface area contributed by atoms with Gasteiger partial charge in [0.05, 0.1) is 0 Å². The highest BCUT2D eigenvalue weighted by Crippen LogP contribution is 2.31. The molecule has 2 N–H and O–H groups in total. The van der Waals surface area contributed by atoms with Gasteiger partial charge in [0, 0.05) is 12.5 Å². The fraction of sp³-hybridized carbons (Fsp3) is 0.556. The summed E-state index contributed by atoms with van der Waals surface area (Å²) in [5, 5.41) is 5.69. The first kappa shape index (κ1) is 37.3. The number of ether oxygens (including phenoxy) is 2.